The summed E-state index contributed by atoms with van der Waals surface area (Å²) in [6.07, 6.45) is 3.76. The molecule has 1 aromatic heterocycles. The first kappa shape index (κ1) is 12.9. The molecule has 0 unspecified atom stereocenters. The van der Waals surface area contributed by atoms with Crippen molar-refractivity contribution in [2.24, 2.45) is 5.92 Å². The fourth-order valence-electron chi connectivity index (χ4n) is 2.04. The van der Waals surface area contributed by atoms with Gasteiger partial charge in [-0.15, -0.1) is 0 Å². The highest BCUT2D eigenvalue weighted by Crippen LogP contribution is 2.25. The van der Waals surface area contributed by atoms with Crippen LogP contribution in [0.1, 0.15) is 55.1 Å². The maximum atomic E-state index is 12.0. The SMILES string of the molecule is CC(C)c1cc(C(=O)NCC2CCC2)cc(N)n1. The summed E-state index contributed by atoms with van der Waals surface area (Å²) >= 11 is 0. The number of carbonyl (C=O) groups excluding carboxylic acids is 1. The molecule has 0 saturated heterocycles. The third-order valence-electron chi connectivity index (χ3n) is 3.49. The van der Waals surface area contributed by atoms with Gasteiger partial charge in [-0.1, -0.05) is 20.3 Å². The molecule has 0 radical (unpaired) electrons. The number of amides is 1. The van der Waals surface area contributed by atoms with E-state index < -0.39 is 0 Å². The molecule has 0 aromatic carbocycles. The van der Waals surface area contributed by atoms with Crippen LogP contribution in [0.5, 0.6) is 0 Å². The molecule has 1 amide bonds. The van der Waals surface area contributed by atoms with E-state index in [2.05, 4.69) is 10.3 Å². The predicted molar refractivity (Wildman–Crippen MR) is 72.4 cm³/mol. The minimum Gasteiger partial charge on any atom is -0.384 e. The van der Waals surface area contributed by atoms with E-state index in [9.17, 15) is 4.79 Å². The Kier molecular flexibility index (Phi) is 3.84. The topological polar surface area (TPSA) is 68.0 Å². The van der Waals surface area contributed by atoms with Crippen LogP contribution in [0, 0.1) is 5.92 Å². The summed E-state index contributed by atoms with van der Waals surface area (Å²) in [7, 11) is 0. The molecule has 4 heteroatoms. The molecule has 1 heterocycles. The van der Waals surface area contributed by atoms with Crippen molar-refractivity contribution in [2.75, 3.05) is 12.3 Å². The van der Waals surface area contributed by atoms with Crippen LogP contribution in [0.2, 0.25) is 0 Å². The molecular weight excluding hydrogens is 226 g/mol. The number of pyridine rings is 1. The van der Waals surface area contributed by atoms with Gasteiger partial charge in [-0.2, -0.15) is 0 Å². The molecule has 98 valence electrons. The van der Waals surface area contributed by atoms with Crippen LogP contribution in [-0.2, 0) is 0 Å². The highest BCUT2D eigenvalue weighted by Gasteiger charge is 2.18. The Bertz CT molecular complexity index is 439. The average molecular weight is 247 g/mol. The van der Waals surface area contributed by atoms with Crippen LogP contribution in [0.15, 0.2) is 12.1 Å². The van der Waals surface area contributed by atoms with Crippen LogP contribution in [0.4, 0.5) is 5.82 Å². The number of anilines is 1. The van der Waals surface area contributed by atoms with E-state index in [1.165, 1.54) is 19.3 Å². The van der Waals surface area contributed by atoms with Gasteiger partial charge in [0.05, 0.1) is 0 Å². The van der Waals surface area contributed by atoms with Gasteiger partial charge in [0.25, 0.3) is 5.91 Å². The van der Waals surface area contributed by atoms with Gasteiger partial charge in [0, 0.05) is 17.8 Å². The number of nitrogens with one attached hydrogen (secondary N) is 1. The third-order valence-corrected chi connectivity index (χ3v) is 3.49. The smallest absolute Gasteiger partial charge is 0.251 e. The summed E-state index contributed by atoms with van der Waals surface area (Å²) in [6.45, 7) is 4.85. The van der Waals surface area contributed by atoms with Gasteiger partial charge in [-0.25, -0.2) is 4.98 Å². The molecule has 1 aliphatic carbocycles. The molecule has 0 spiro atoms. The number of aromatic nitrogens is 1. The number of nitrogen functional groups attached to an aromatic ring is 1. The van der Waals surface area contributed by atoms with Crippen molar-refractivity contribution in [3.63, 3.8) is 0 Å². The lowest BCUT2D eigenvalue weighted by atomic mass is 9.85. The average Bonchev–Trinajstić information content (AvgIpc) is 2.25. The Morgan fingerprint density at radius 2 is 2.22 bits per heavy atom. The monoisotopic (exact) mass is 247 g/mol. The lowest BCUT2D eigenvalue weighted by Gasteiger charge is -2.25. The van der Waals surface area contributed by atoms with Crippen LogP contribution in [0.25, 0.3) is 0 Å². The van der Waals surface area contributed by atoms with Gasteiger partial charge in [0.1, 0.15) is 5.82 Å². The van der Waals surface area contributed by atoms with Crippen molar-refractivity contribution in [2.45, 2.75) is 39.0 Å². The predicted octanol–water partition coefficient (Wildman–Crippen LogP) is 2.32. The quantitative estimate of drug-likeness (QED) is 0.858. The van der Waals surface area contributed by atoms with Crippen molar-refractivity contribution >= 4 is 11.7 Å². The van der Waals surface area contributed by atoms with Gasteiger partial charge in [-0.3, -0.25) is 4.79 Å². The number of rotatable bonds is 4. The van der Waals surface area contributed by atoms with E-state index in [4.69, 9.17) is 5.73 Å². The van der Waals surface area contributed by atoms with Crippen LogP contribution in [0.3, 0.4) is 0 Å². The van der Waals surface area contributed by atoms with Gasteiger partial charge in [0.15, 0.2) is 0 Å². The van der Waals surface area contributed by atoms with Crippen molar-refractivity contribution < 1.29 is 4.79 Å². The van der Waals surface area contributed by atoms with E-state index in [0.717, 1.165) is 12.2 Å². The first-order chi connectivity index (χ1) is 8.56. The van der Waals surface area contributed by atoms with Gasteiger partial charge < -0.3 is 11.1 Å². The van der Waals surface area contributed by atoms with Crippen molar-refractivity contribution in [3.8, 4) is 0 Å². The summed E-state index contributed by atoms with van der Waals surface area (Å²) in [4.78, 5) is 16.3. The summed E-state index contributed by atoms with van der Waals surface area (Å²) < 4.78 is 0. The summed E-state index contributed by atoms with van der Waals surface area (Å²) in [5, 5.41) is 2.97. The first-order valence-corrected chi connectivity index (χ1v) is 6.62. The fraction of sp³-hybridized carbons (Fsp3) is 0.571. The molecule has 1 saturated carbocycles. The van der Waals surface area contributed by atoms with Crippen LogP contribution < -0.4 is 11.1 Å². The Morgan fingerprint density at radius 3 is 2.78 bits per heavy atom. The zero-order valence-corrected chi connectivity index (χ0v) is 11.1. The van der Waals surface area contributed by atoms with Crippen LogP contribution >= 0.6 is 0 Å². The molecular formula is C14H21N3O. The van der Waals surface area contributed by atoms with Crippen molar-refractivity contribution in [1.29, 1.82) is 0 Å². The van der Waals surface area contributed by atoms with E-state index in [-0.39, 0.29) is 11.8 Å². The molecule has 4 nitrogen and oxygen atoms in total. The zero-order valence-electron chi connectivity index (χ0n) is 11.1. The first-order valence-electron chi connectivity index (χ1n) is 6.62. The van der Waals surface area contributed by atoms with E-state index >= 15 is 0 Å². The molecule has 2 rings (SSSR count). The number of nitrogens with two attached hydrogens (primary N) is 1. The highest BCUT2D eigenvalue weighted by molar-refractivity contribution is 5.94. The molecule has 0 aliphatic heterocycles. The third kappa shape index (κ3) is 3.00. The Labute approximate surface area is 108 Å². The van der Waals surface area contributed by atoms with Gasteiger partial charge in [-0.05, 0) is 36.8 Å². The summed E-state index contributed by atoms with van der Waals surface area (Å²) in [6, 6.07) is 3.47. The van der Waals surface area contributed by atoms with Crippen LogP contribution in [-0.4, -0.2) is 17.4 Å². The zero-order chi connectivity index (χ0) is 13.1. The number of hydrogen-bond donors (Lipinski definition) is 2. The van der Waals surface area contributed by atoms with Gasteiger partial charge in [0.2, 0.25) is 0 Å². The van der Waals surface area contributed by atoms with E-state index in [0.29, 0.717) is 17.3 Å². The fourth-order valence-corrected chi connectivity index (χ4v) is 2.04. The molecule has 3 N–H and O–H groups in total. The van der Waals surface area contributed by atoms with E-state index in [1.807, 2.05) is 19.9 Å². The molecule has 0 bridgehead atoms. The lowest BCUT2D eigenvalue weighted by molar-refractivity contribution is 0.0939. The largest absolute Gasteiger partial charge is 0.384 e. The van der Waals surface area contributed by atoms with Crippen molar-refractivity contribution in [1.82, 2.24) is 10.3 Å². The molecule has 1 fully saturated rings. The second-order valence-corrected chi connectivity index (χ2v) is 5.37. The Morgan fingerprint density at radius 1 is 1.50 bits per heavy atom. The minimum atomic E-state index is -0.0436. The standard InChI is InChI=1S/C14H21N3O/c1-9(2)12-6-11(7-13(15)17-12)14(18)16-8-10-4-3-5-10/h6-7,9-10H,3-5,8H2,1-2H3,(H2,15,17)(H,16,18). The molecule has 18 heavy (non-hydrogen) atoms. The number of hydrogen-bond acceptors (Lipinski definition) is 3. The lowest BCUT2D eigenvalue weighted by Crippen LogP contribution is -2.32. The number of carbonyl (C=O) groups is 1. The number of nitrogens with zero attached hydrogens (tertiary/aromatic N) is 1. The second-order valence-electron chi connectivity index (χ2n) is 5.37. The second kappa shape index (κ2) is 5.38. The maximum absolute atomic E-state index is 12.0. The maximum Gasteiger partial charge on any atom is 0.251 e. The molecule has 1 aromatic rings. The van der Waals surface area contributed by atoms with Crippen molar-refractivity contribution in [3.05, 3.63) is 23.4 Å². The molecule has 1 aliphatic rings. The summed E-state index contributed by atoms with van der Waals surface area (Å²) in [5.74, 6) is 1.30. The highest BCUT2D eigenvalue weighted by atomic mass is 16.1. The normalized spacial score (nSPS) is 15.5. The Hall–Kier alpha value is -1.58. The summed E-state index contributed by atoms with van der Waals surface area (Å²) in [5.41, 5.74) is 7.22. The minimum absolute atomic E-state index is 0.0436. The van der Waals surface area contributed by atoms with E-state index in [1.54, 1.807) is 6.07 Å². The van der Waals surface area contributed by atoms with Gasteiger partial charge >= 0.3 is 0 Å². The molecule has 0 atom stereocenters. The Balaban J connectivity index is 2.03.